The summed E-state index contributed by atoms with van der Waals surface area (Å²) in [5.41, 5.74) is 1.09. The summed E-state index contributed by atoms with van der Waals surface area (Å²) in [6.45, 7) is 0. The van der Waals surface area contributed by atoms with E-state index in [1.54, 1.807) is 61.7 Å². The zero-order chi connectivity index (χ0) is 21.5. The van der Waals surface area contributed by atoms with Crippen LogP contribution in [0, 0.1) is 10.1 Å². The van der Waals surface area contributed by atoms with Crippen molar-refractivity contribution in [3.8, 4) is 11.5 Å². The van der Waals surface area contributed by atoms with Crippen molar-refractivity contribution in [3.05, 3.63) is 106 Å². The highest BCUT2D eigenvalue weighted by atomic mass is 16.6. The number of nitrogens with zero attached hydrogens (tertiary/aromatic N) is 1. The highest BCUT2D eigenvalue weighted by molar-refractivity contribution is 6.07. The predicted octanol–water partition coefficient (Wildman–Crippen LogP) is 4.72. The van der Waals surface area contributed by atoms with Gasteiger partial charge in [0.2, 0.25) is 0 Å². The smallest absolute Gasteiger partial charge is 0.343 e. The number of nitro groups is 1. The third kappa shape index (κ3) is 4.96. The molecule has 0 saturated carbocycles. The van der Waals surface area contributed by atoms with Gasteiger partial charge in [0.25, 0.3) is 5.69 Å². The molecule has 0 bridgehead atoms. The van der Waals surface area contributed by atoms with Gasteiger partial charge in [-0.2, -0.15) is 0 Å². The summed E-state index contributed by atoms with van der Waals surface area (Å²) in [5.74, 6) is 0.0417. The average molecular weight is 403 g/mol. The quantitative estimate of drug-likeness (QED) is 0.141. The van der Waals surface area contributed by atoms with Gasteiger partial charge < -0.3 is 9.47 Å². The fourth-order valence-electron chi connectivity index (χ4n) is 2.61. The Bertz CT molecular complexity index is 1100. The van der Waals surface area contributed by atoms with E-state index in [0.29, 0.717) is 16.9 Å². The lowest BCUT2D eigenvalue weighted by Crippen LogP contribution is -2.09. The van der Waals surface area contributed by atoms with E-state index in [9.17, 15) is 19.7 Å². The van der Waals surface area contributed by atoms with Gasteiger partial charge in [0.15, 0.2) is 5.78 Å². The maximum absolute atomic E-state index is 12.4. The zero-order valence-electron chi connectivity index (χ0n) is 16.0. The highest BCUT2D eigenvalue weighted by Crippen LogP contribution is 2.22. The number of hydrogen-bond acceptors (Lipinski definition) is 6. The average Bonchev–Trinajstić information content (AvgIpc) is 2.78. The zero-order valence-corrected chi connectivity index (χ0v) is 16.0. The Balaban J connectivity index is 1.74. The number of para-hydroxylation sites is 1. The molecule has 0 heterocycles. The molecular formula is C23H17NO6. The second-order valence-electron chi connectivity index (χ2n) is 6.16. The van der Waals surface area contributed by atoms with Crippen molar-refractivity contribution in [2.24, 2.45) is 0 Å². The summed E-state index contributed by atoms with van der Waals surface area (Å²) >= 11 is 0. The largest absolute Gasteiger partial charge is 0.497 e. The molecule has 3 rings (SSSR count). The van der Waals surface area contributed by atoms with Crippen LogP contribution in [-0.2, 0) is 0 Å². The Morgan fingerprint density at radius 2 is 1.53 bits per heavy atom. The first-order valence-corrected chi connectivity index (χ1v) is 8.90. The molecule has 0 N–H and O–H groups in total. The van der Waals surface area contributed by atoms with Crippen molar-refractivity contribution in [2.75, 3.05) is 7.11 Å². The summed E-state index contributed by atoms with van der Waals surface area (Å²) < 4.78 is 10.5. The number of non-ortho nitro benzene ring substituents is 1. The van der Waals surface area contributed by atoms with E-state index in [1.165, 1.54) is 30.3 Å². The first-order chi connectivity index (χ1) is 14.5. The van der Waals surface area contributed by atoms with E-state index in [2.05, 4.69) is 0 Å². The Kier molecular flexibility index (Phi) is 6.34. The van der Waals surface area contributed by atoms with Crippen LogP contribution < -0.4 is 9.47 Å². The highest BCUT2D eigenvalue weighted by Gasteiger charge is 2.13. The van der Waals surface area contributed by atoms with Crippen molar-refractivity contribution in [3.63, 3.8) is 0 Å². The standard InChI is InChI=1S/C23H17NO6/c1-29-20-13-8-16(9-14-20)21(25)15-10-17-4-2-3-5-22(17)30-23(26)18-6-11-19(12-7-18)24(27)28/h2-15H,1H3/b15-10+. The van der Waals surface area contributed by atoms with Crippen LogP contribution in [0.5, 0.6) is 11.5 Å². The van der Waals surface area contributed by atoms with Gasteiger partial charge in [-0.3, -0.25) is 14.9 Å². The number of ketones is 1. The molecule has 3 aromatic rings. The first-order valence-electron chi connectivity index (χ1n) is 8.90. The van der Waals surface area contributed by atoms with E-state index in [0.717, 1.165) is 0 Å². The van der Waals surface area contributed by atoms with Crippen molar-refractivity contribution in [1.82, 2.24) is 0 Å². The van der Waals surface area contributed by atoms with E-state index in [4.69, 9.17) is 9.47 Å². The van der Waals surface area contributed by atoms with Gasteiger partial charge >= 0.3 is 5.97 Å². The number of rotatable bonds is 7. The van der Waals surface area contributed by atoms with Crippen molar-refractivity contribution in [1.29, 1.82) is 0 Å². The van der Waals surface area contributed by atoms with Crippen molar-refractivity contribution in [2.45, 2.75) is 0 Å². The lowest BCUT2D eigenvalue weighted by molar-refractivity contribution is -0.384. The van der Waals surface area contributed by atoms with Crippen molar-refractivity contribution >= 4 is 23.5 Å². The van der Waals surface area contributed by atoms with Crippen LogP contribution in [0.3, 0.4) is 0 Å². The maximum Gasteiger partial charge on any atom is 0.343 e. The number of carbonyl (C=O) groups excluding carboxylic acids is 2. The van der Waals surface area contributed by atoms with E-state index < -0.39 is 10.9 Å². The SMILES string of the molecule is COc1ccc(C(=O)/C=C/c2ccccc2OC(=O)c2ccc([N+](=O)[O-])cc2)cc1. The third-order valence-corrected chi connectivity index (χ3v) is 4.22. The monoisotopic (exact) mass is 403 g/mol. The molecule has 0 amide bonds. The van der Waals surface area contributed by atoms with E-state index >= 15 is 0 Å². The number of benzene rings is 3. The predicted molar refractivity (Wildman–Crippen MR) is 111 cm³/mol. The molecule has 0 aliphatic carbocycles. The van der Waals surface area contributed by atoms with Gasteiger partial charge in [0, 0.05) is 23.3 Å². The van der Waals surface area contributed by atoms with Crippen LogP contribution in [0.4, 0.5) is 5.69 Å². The van der Waals surface area contributed by atoms with Crippen LogP contribution in [0.1, 0.15) is 26.3 Å². The topological polar surface area (TPSA) is 95.7 Å². The molecule has 3 aromatic carbocycles. The molecule has 0 radical (unpaired) electrons. The maximum atomic E-state index is 12.4. The van der Waals surface area contributed by atoms with E-state index in [-0.39, 0.29) is 22.8 Å². The van der Waals surface area contributed by atoms with Gasteiger partial charge in [-0.15, -0.1) is 0 Å². The molecular weight excluding hydrogens is 386 g/mol. The number of carbonyl (C=O) groups is 2. The van der Waals surface area contributed by atoms with Crippen LogP contribution in [0.15, 0.2) is 78.9 Å². The lowest BCUT2D eigenvalue weighted by Gasteiger charge is -2.07. The molecule has 7 heteroatoms. The van der Waals surface area contributed by atoms with Gasteiger partial charge in [-0.1, -0.05) is 18.2 Å². The molecule has 0 unspecified atom stereocenters. The summed E-state index contributed by atoms with van der Waals surface area (Å²) in [4.78, 5) is 34.9. The minimum absolute atomic E-state index is 0.119. The van der Waals surface area contributed by atoms with Gasteiger partial charge in [-0.05, 0) is 54.6 Å². The number of nitro benzene ring substituents is 1. The Morgan fingerprint density at radius 1 is 0.900 bits per heavy atom. The first kappa shape index (κ1) is 20.5. The van der Waals surface area contributed by atoms with Crippen LogP contribution in [0.25, 0.3) is 6.08 Å². The van der Waals surface area contributed by atoms with Crippen LogP contribution in [0.2, 0.25) is 0 Å². The molecule has 0 aliphatic heterocycles. The summed E-state index contributed by atoms with van der Waals surface area (Å²) in [6, 6.07) is 18.6. The summed E-state index contributed by atoms with van der Waals surface area (Å²) in [6.07, 6.45) is 2.95. The summed E-state index contributed by atoms with van der Waals surface area (Å²) in [7, 11) is 1.55. The number of ether oxygens (including phenoxy) is 2. The van der Waals surface area contributed by atoms with Crippen molar-refractivity contribution < 1.29 is 24.0 Å². The fraction of sp³-hybridized carbons (Fsp3) is 0.0435. The number of methoxy groups -OCH3 is 1. The number of allylic oxidation sites excluding steroid dienone is 1. The number of hydrogen-bond donors (Lipinski definition) is 0. The third-order valence-electron chi connectivity index (χ3n) is 4.22. The molecule has 0 atom stereocenters. The Labute approximate surface area is 172 Å². The minimum Gasteiger partial charge on any atom is -0.497 e. The second-order valence-corrected chi connectivity index (χ2v) is 6.16. The lowest BCUT2D eigenvalue weighted by atomic mass is 10.1. The molecule has 30 heavy (non-hydrogen) atoms. The molecule has 0 aliphatic rings. The Morgan fingerprint density at radius 3 is 2.17 bits per heavy atom. The fourth-order valence-corrected chi connectivity index (χ4v) is 2.61. The molecule has 0 saturated heterocycles. The summed E-state index contributed by atoms with van der Waals surface area (Å²) in [5, 5.41) is 10.7. The van der Waals surface area contributed by atoms with Gasteiger partial charge in [-0.25, -0.2) is 4.79 Å². The van der Waals surface area contributed by atoms with E-state index in [1.807, 2.05) is 0 Å². The molecule has 0 aromatic heterocycles. The van der Waals surface area contributed by atoms with Crippen LogP contribution in [-0.4, -0.2) is 23.8 Å². The number of esters is 1. The normalized spacial score (nSPS) is 10.6. The molecule has 0 fully saturated rings. The van der Waals surface area contributed by atoms with Gasteiger partial charge in [0.05, 0.1) is 17.6 Å². The second kappa shape index (κ2) is 9.29. The van der Waals surface area contributed by atoms with Crippen LogP contribution >= 0.6 is 0 Å². The molecule has 0 spiro atoms. The minimum atomic E-state index is -0.660. The molecule has 7 nitrogen and oxygen atoms in total. The van der Waals surface area contributed by atoms with Gasteiger partial charge in [0.1, 0.15) is 11.5 Å². The molecule has 150 valence electrons. The Hall–Kier alpha value is -4.26.